The monoisotopic (exact) mass is 360 g/mol. The van der Waals surface area contributed by atoms with Crippen LogP contribution in [0.5, 0.6) is 0 Å². The van der Waals surface area contributed by atoms with Crippen molar-refractivity contribution in [2.24, 2.45) is 0 Å². The van der Waals surface area contributed by atoms with Gasteiger partial charge in [0.2, 0.25) is 11.8 Å². The molecule has 2 aromatic heterocycles. The number of amides is 2. The third-order valence-corrected chi connectivity index (χ3v) is 4.33. The number of aryl methyl sites for hydroxylation is 2. The lowest BCUT2D eigenvalue weighted by atomic mass is 10.1. The van der Waals surface area contributed by atoms with Gasteiger partial charge in [-0.25, -0.2) is 0 Å². The maximum Gasteiger partial charge on any atom is 0.237 e. The average molecular weight is 360 g/mol. The van der Waals surface area contributed by atoms with Gasteiger partial charge in [0.25, 0.3) is 0 Å². The largest absolute Gasteiger partial charge is 0.465 e. The van der Waals surface area contributed by atoms with E-state index < -0.39 is 6.04 Å². The molecule has 1 aliphatic heterocycles. The van der Waals surface area contributed by atoms with Crippen molar-refractivity contribution >= 4 is 11.8 Å². The van der Waals surface area contributed by atoms with E-state index >= 15 is 0 Å². The molecule has 2 aromatic rings. The van der Waals surface area contributed by atoms with Crippen LogP contribution in [0.15, 0.2) is 28.9 Å². The lowest BCUT2D eigenvalue weighted by Gasteiger charge is -2.34. The summed E-state index contributed by atoms with van der Waals surface area (Å²) in [6, 6.07) is 3.32. The Balaban J connectivity index is 1.47. The molecule has 3 rings (SSSR count). The Kier molecular flexibility index (Phi) is 6.00. The second-order valence-electron chi connectivity index (χ2n) is 6.36. The third-order valence-electron chi connectivity index (χ3n) is 4.33. The summed E-state index contributed by atoms with van der Waals surface area (Å²) in [5, 5.41) is 13.3. The first-order valence-corrected chi connectivity index (χ1v) is 8.79. The molecule has 0 aliphatic carbocycles. The van der Waals surface area contributed by atoms with E-state index in [0.717, 1.165) is 17.9 Å². The van der Waals surface area contributed by atoms with Crippen molar-refractivity contribution in [3.8, 4) is 0 Å². The van der Waals surface area contributed by atoms with Gasteiger partial charge in [0, 0.05) is 32.4 Å². The van der Waals surface area contributed by atoms with Gasteiger partial charge < -0.3 is 15.1 Å². The molecule has 1 unspecified atom stereocenters. The number of furan rings is 1. The van der Waals surface area contributed by atoms with E-state index in [1.807, 2.05) is 24.0 Å². The zero-order valence-electron chi connectivity index (χ0n) is 14.9. The zero-order chi connectivity index (χ0) is 18.4. The number of rotatable bonds is 8. The van der Waals surface area contributed by atoms with Crippen molar-refractivity contribution in [3.63, 3.8) is 0 Å². The predicted octanol–water partition coefficient (Wildman–Crippen LogP) is 0.0765. The van der Waals surface area contributed by atoms with E-state index in [2.05, 4.69) is 20.9 Å². The summed E-state index contributed by atoms with van der Waals surface area (Å²) in [5.41, 5.74) is 0. The molecule has 9 heteroatoms. The molecule has 0 bridgehead atoms. The summed E-state index contributed by atoms with van der Waals surface area (Å²) >= 11 is 0. The quantitative estimate of drug-likeness (QED) is 0.646. The van der Waals surface area contributed by atoms with Crippen LogP contribution in [0.2, 0.25) is 0 Å². The van der Waals surface area contributed by atoms with Crippen molar-refractivity contribution in [1.29, 1.82) is 0 Å². The molecule has 1 saturated heterocycles. The Morgan fingerprint density at radius 1 is 1.46 bits per heavy atom. The van der Waals surface area contributed by atoms with Crippen LogP contribution in [0.1, 0.15) is 24.4 Å². The molecule has 3 heterocycles. The number of hydrogen-bond donors (Lipinski definition) is 2. The first-order valence-electron chi connectivity index (χ1n) is 8.79. The Hall–Kier alpha value is -2.68. The molecule has 0 radical (unpaired) electrons. The van der Waals surface area contributed by atoms with Gasteiger partial charge >= 0.3 is 0 Å². The van der Waals surface area contributed by atoms with Crippen LogP contribution in [0.3, 0.4) is 0 Å². The van der Waals surface area contributed by atoms with Crippen LogP contribution < -0.4 is 10.6 Å². The number of nitrogens with one attached hydrogen (secondary N) is 2. The number of carbonyl (C=O) groups is 2. The SMILES string of the molecule is Cc1ccc(CN2CCNC(=O)C2CC(=O)NCCCn2ccnn2)o1. The fraction of sp³-hybridized carbons (Fsp3) is 0.529. The third kappa shape index (κ3) is 4.92. The molecule has 0 spiro atoms. The van der Waals surface area contributed by atoms with E-state index in [1.165, 1.54) is 0 Å². The van der Waals surface area contributed by atoms with Gasteiger partial charge in [-0.05, 0) is 25.5 Å². The first-order chi connectivity index (χ1) is 12.6. The molecule has 140 valence electrons. The van der Waals surface area contributed by atoms with E-state index in [-0.39, 0.29) is 18.2 Å². The summed E-state index contributed by atoms with van der Waals surface area (Å²) in [6.07, 6.45) is 4.29. The van der Waals surface area contributed by atoms with E-state index in [4.69, 9.17) is 4.42 Å². The second kappa shape index (κ2) is 8.61. The van der Waals surface area contributed by atoms with Gasteiger partial charge in [0.05, 0.1) is 25.2 Å². The summed E-state index contributed by atoms with van der Waals surface area (Å²) < 4.78 is 7.32. The minimum Gasteiger partial charge on any atom is -0.465 e. The van der Waals surface area contributed by atoms with Gasteiger partial charge in [0.15, 0.2) is 0 Å². The van der Waals surface area contributed by atoms with E-state index in [9.17, 15) is 9.59 Å². The van der Waals surface area contributed by atoms with Gasteiger partial charge in [-0.3, -0.25) is 19.2 Å². The topological polar surface area (TPSA) is 105 Å². The predicted molar refractivity (Wildman–Crippen MR) is 92.9 cm³/mol. The number of nitrogens with zero attached hydrogens (tertiary/aromatic N) is 4. The number of aromatic nitrogens is 3. The lowest BCUT2D eigenvalue weighted by molar-refractivity contribution is -0.134. The molecule has 1 aliphatic rings. The summed E-state index contributed by atoms with van der Waals surface area (Å²) in [6.45, 7) is 4.89. The molecule has 2 N–H and O–H groups in total. The van der Waals surface area contributed by atoms with Crippen molar-refractivity contribution in [1.82, 2.24) is 30.5 Å². The van der Waals surface area contributed by atoms with Crippen LogP contribution >= 0.6 is 0 Å². The Bertz CT molecular complexity index is 727. The summed E-state index contributed by atoms with van der Waals surface area (Å²) in [5.74, 6) is 1.39. The van der Waals surface area contributed by atoms with Crippen molar-refractivity contribution in [2.75, 3.05) is 19.6 Å². The summed E-state index contributed by atoms with van der Waals surface area (Å²) in [7, 11) is 0. The molecule has 9 nitrogen and oxygen atoms in total. The van der Waals surface area contributed by atoms with Crippen molar-refractivity contribution < 1.29 is 14.0 Å². The molecular formula is C17H24N6O3. The van der Waals surface area contributed by atoms with Crippen LogP contribution in [-0.4, -0.2) is 57.4 Å². The lowest BCUT2D eigenvalue weighted by Crippen LogP contribution is -2.56. The van der Waals surface area contributed by atoms with Crippen LogP contribution in [0, 0.1) is 6.92 Å². The fourth-order valence-electron chi connectivity index (χ4n) is 3.01. The minimum absolute atomic E-state index is 0.114. The maximum atomic E-state index is 12.2. The smallest absolute Gasteiger partial charge is 0.237 e. The highest BCUT2D eigenvalue weighted by molar-refractivity contribution is 5.88. The second-order valence-corrected chi connectivity index (χ2v) is 6.36. The van der Waals surface area contributed by atoms with Gasteiger partial charge in [-0.1, -0.05) is 5.21 Å². The van der Waals surface area contributed by atoms with Gasteiger partial charge in [0.1, 0.15) is 11.5 Å². The maximum absolute atomic E-state index is 12.2. The Morgan fingerprint density at radius 3 is 3.08 bits per heavy atom. The average Bonchev–Trinajstić information content (AvgIpc) is 3.27. The standard InChI is InChI=1S/C17H24N6O3/c1-13-3-4-14(26-13)12-22-9-6-19-17(25)15(22)11-16(24)18-5-2-8-23-10-7-20-21-23/h3-4,7,10,15H,2,5-6,8-9,11-12H2,1H3,(H,18,24)(H,19,25). The van der Waals surface area contributed by atoms with Crippen LogP contribution in [0.4, 0.5) is 0 Å². The fourth-order valence-corrected chi connectivity index (χ4v) is 3.01. The normalized spacial score (nSPS) is 17.9. The van der Waals surface area contributed by atoms with E-state index in [1.54, 1.807) is 17.1 Å². The highest BCUT2D eigenvalue weighted by atomic mass is 16.3. The molecule has 26 heavy (non-hydrogen) atoms. The zero-order valence-corrected chi connectivity index (χ0v) is 14.9. The molecular weight excluding hydrogens is 336 g/mol. The molecule has 2 amide bonds. The Morgan fingerprint density at radius 2 is 2.35 bits per heavy atom. The first kappa shape index (κ1) is 18.1. The highest BCUT2D eigenvalue weighted by Gasteiger charge is 2.32. The van der Waals surface area contributed by atoms with Crippen LogP contribution in [-0.2, 0) is 22.7 Å². The molecule has 1 atom stereocenters. The van der Waals surface area contributed by atoms with Crippen molar-refractivity contribution in [3.05, 3.63) is 36.0 Å². The van der Waals surface area contributed by atoms with Gasteiger partial charge in [-0.15, -0.1) is 5.10 Å². The van der Waals surface area contributed by atoms with Gasteiger partial charge in [-0.2, -0.15) is 0 Å². The minimum atomic E-state index is -0.482. The molecule has 1 fully saturated rings. The van der Waals surface area contributed by atoms with E-state index in [0.29, 0.717) is 32.7 Å². The summed E-state index contributed by atoms with van der Waals surface area (Å²) in [4.78, 5) is 26.5. The molecule has 0 saturated carbocycles. The Labute approximate surface area is 151 Å². The number of piperazine rings is 1. The highest BCUT2D eigenvalue weighted by Crippen LogP contribution is 2.15. The van der Waals surface area contributed by atoms with Crippen LogP contribution in [0.25, 0.3) is 0 Å². The molecule has 0 aromatic carbocycles. The number of hydrogen-bond acceptors (Lipinski definition) is 6. The van der Waals surface area contributed by atoms with Crippen molar-refractivity contribution in [2.45, 2.75) is 38.9 Å². The number of carbonyl (C=O) groups excluding carboxylic acids is 2.